The Morgan fingerprint density at radius 3 is 2.00 bits per heavy atom. The smallest absolute Gasteiger partial charge is 0.118 e. The molecule has 1 N–H and O–H groups in total. The summed E-state index contributed by atoms with van der Waals surface area (Å²) in [4.78, 5) is 0. The lowest BCUT2D eigenvalue weighted by Gasteiger charge is -1.92. The van der Waals surface area contributed by atoms with Crippen LogP contribution in [0.2, 0.25) is 0 Å². The SMILES string of the molecule is CCl.Cc1ccccc1O. The number of aryl methyl sites for hydroxylation is 1. The number of hydrogen-bond donors (Lipinski definition) is 1. The van der Waals surface area contributed by atoms with Crippen LogP contribution in [0.1, 0.15) is 5.56 Å². The fraction of sp³-hybridized carbons (Fsp3) is 0.250. The largest absolute Gasteiger partial charge is 0.508 e. The van der Waals surface area contributed by atoms with E-state index in [2.05, 4.69) is 11.6 Å². The Kier molecular flexibility index (Phi) is 4.77. The number of para-hydroxylation sites is 1. The summed E-state index contributed by atoms with van der Waals surface area (Å²) in [5.74, 6) is 0.368. The minimum absolute atomic E-state index is 0.368. The van der Waals surface area contributed by atoms with E-state index in [1.807, 2.05) is 25.1 Å². The van der Waals surface area contributed by atoms with Crippen molar-refractivity contribution in [1.29, 1.82) is 0 Å². The first-order valence-electron chi connectivity index (χ1n) is 2.93. The van der Waals surface area contributed by atoms with Gasteiger partial charge in [-0.05, 0) is 18.6 Å². The molecule has 0 amide bonds. The van der Waals surface area contributed by atoms with Crippen molar-refractivity contribution in [3.8, 4) is 5.75 Å². The Morgan fingerprint density at radius 1 is 1.20 bits per heavy atom. The minimum Gasteiger partial charge on any atom is -0.508 e. The predicted octanol–water partition coefficient (Wildman–Crippen LogP) is 2.56. The molecule has 0 bridgehead atoms. The summed E-state index contributed by atoms with van der Waals surface area (Å²) in [6, 6.07) is 7.25. The number of hydrogen-bond acceptors (Lipinski definition) is 1. The minimum atomic E-state index is 0.368. The zero-order valence-corrected chi connectivity index (χ0v) is 6.89. The van der Waals surface area contributed by atoms with E-state index < -0.39 is 0 Å². The van der Waals surface area contributed by atoms with Crippen molar-refractivity contribution in [1.82, 2.24) is 0 Å². The van der Waals surface area contributed by atoms with Gasteiger partial charge < -0.3 is 5.11 Å². The Hall–Kier alpha value is -0.690. The summed E-state index contributed by atoms with van der Waals surface area (Å²) < 4.78 is 0. The second kappa shape index (κ2) is 5.12. The Labute approximate surface area is 66.3 Å². The molecular weight excluding hydrogens is 148 g/mol. The van der Waals surface area contributed by atoms with Crippen LogP contribution in [0.3, 0.4) is 0 Å². The Bertz CT molecular complexity index is 165. The predicted molar refractivity (Wildman–Crippen MR) is 44.6 cm³/mol. The third-order valence-corrected chi connectivity index (χ3v) is 1.12. The van der Waals surface area contributed by atoms with Crippen molar-refractivity contribution in [2.45, 2.75) is 6.92 Å². The molecule has 1 rings (SSSR count). The van der Waals surface area contributed by atoms with Crippen LogP contribution in [0, 0.1) is 6.92 Å². The number of rotatable bonds is 0. The van der Waals surface area contributed by atoms with E-state index in [1.165, 1.54) is 6.38 Å². The van der Waals surface area contributed by atoms with E-state index in [9.17, 15) is 0 Å². The van der Waals surface area contributed by atoms with Gasteiger partial charge in [0.2, 0.25) is 0 Å². The maximum Gasteiger partial charge on any atom is 0.118 e. The normalized spacial score (nSPS) is 7.90. The molecule has 2 heteroatoms. The lowest BCUT2D eigenvalue weighted by molar-refractivity contribution is 0.471. The van der Waals surface area contributed by atoms with E-state index in [0.717, 1.165) is 5.56 Å². The number of halogens is 1. The van der Waals surface area contributed by atoms with Gasteiger partial charge in [-0.15, -0.1) is 11.6 Å². The van der Waals surface area contributed by atoms with Gasteiger partial charge in [-0.25, -0.2) is 0 Å². The van der Waals surface area contributed by atoms with E-state index in [1.54, 1.807) is 6.07 Å². The molecule has 0 aliphatic heterocycles. The molecule has 1 nitrogen and oxygen atoms in total. The van der Waals surface area contributed by atoms with E-state index in [4.69, 9.17) is 5.11 Å². The molecular formula is C8H11ClO. The summed E-state index contributed by atoms with van der Waals surface area (Å²) in [5, 5.41) is 8.92. The lowest BCUT2D eigenvalue weighted by Crippen LogP contribution is -1.68. The van der Waals surface area contributed by atoms with Crippen LogP contribution in [0.15, 0.2) is 24.3 Å². The molecule has 0 saturated carbocycles. The summed E-state index contributed by atoms with van der Waals surface area (Å²) in [6.07, 6.45) is 1.47. The molecule has 1 aromatic rings. The van der Waals surface area contributed by atoms with Crippen LogP contribution in [0.25, 0.3) is 0 Å². The van der Waals surface area contributed by atoms with E-state index in [0.29, 0.717) is 5.75 Å². The second-order valence-electron chi connectivity index (χ2n) is 1.79. The highest BCUT2D eigenvalue weighted by Gasteiger charge is 1.86. The van der Waals surface area contributed by atoms with Gasteiger partial charge in [0.05, 0.1) is 0 Å². The molecule has 10 heavy (non-hydrogen) atoms. The van der Waals surface area contributed by atoms with Gasteiger partial charge in [-0.2, -0.15) is 0 Å². The van der Waals surface area contributed by atoms with Gasteiger partial charge in [-0.3, -0.25) is 0 Å². The first kappa shape index (κ1) is 9.31. The zero-order chi connectivity index (χ0) is 7.98. The van der Waals surface area contributed by atoms with Crippen LogP contribution in [0.4, 0.5) is 0 Å². The highest BCUT2D eigenvalue weighted by atomic mass is 35.5. The highest BCUT2D eigenvalue weighted by molar-refractivity contribution is 6.15. The topological polar surface area (TPSA) is 20.2 Å². The van der Waals surface area contributed by atoms with Gasteiger partial charge in [0.25, 0.3) is 0 Å². The molecule has 0 aliphatic rings. The van der Waals surface area contributed by atoms with E-state index in [-0.39, 0.29) is 0 Å². The highest BCUT2D eigenvalue weighted by Crippen LogP contribution is 2.12. The van der Waals surface area contributed by atoms with Crippen LogP contribution in [0.5, 0.6) is 5.75 Å². The fourth-order valence-electron chi connectivity index (χ4n) is 0.563. The molecule has 0 fully saturated rings. The number of alkyl halides is 1. The quantitative estimate of drug-likeness (QED) is 0.576. The van der Waals surface area contributed by atoms with Crippen LogP contribution in [-0.4, -0.2) is 11.5 Å². The Morgan fingerprint density at radius 2 is 1.70 bits per heavy atom. The summed E-state index contributed by atoms with van der Waals surface area (Å²) in [6.45, 7) is 1.87. The van der Waals surface area contributed by atoms with Crippen molar-refractivity contribution in [2.75, 3.05) is 6.38 Å². The lowest BCUT2D eigenvalue weighted by atomic mass is 10.2. The molecule has 0 radical (unpaired) electrons. The molecule has 56 valence electrons. The Balaban J connectivity index is 0.000000371. The van der Waals surface area contributed by atoms with Crippen molar-refractivity contribution < 1.29 is 5.11 Å². The first-order valence-corrected chi connectivity index (χ1v) is 3.68. The molecule has 0 atom stereocenters. The fourth-order valence-corrected chi connectivity index (χ4v) is 0.563. The maximum atomic E-state index is 8.92. The summed E-state index contributed by atoms with van der Waals surface area (Å²) in [5.41, 5.74) is 0.924. The van der Waals surface area contributed by atoms with Crippen molar-refractivity contribution in [3.05, 3.63) is 29.8 Å². The monoisotopic (exact) mass is 158 g/mol. The summed E-state index contributed by atoms with van der Waals surface area (Å²) in [7, 11) is 0. The van der Waals surface area contributed by atoms with Crippen molar-refractivity contribution >= 4 is 11.6 Å². The van der Waals surface area contributed by atoms with Crippen LogP contribution < -0.4 is 0 Å². The van der Waals surface area contributed by atoms with Gasteiger partial charge in [0, 0.05) is 6.38 Å². The molecule has 1 aromatic carbocycles. The standard InChI is InChI=1S/C7H8O.CH3Cl/c1-6-4-2-3-5-7(6)8;1-2/h2-5,8H,1H3;1H3. The maximum absolute atomic E-state index is 8.92. The zero-order valence-electron chi connectivity index (χ0n) is 6.13. The molecule has 0 aromatic heterocycles. The third kappa shape index (κ3) is 2.74. The molecule has 0 aliphatic carbocycles. The van der Waals surface area contributed by atoms with Gasteiger partial charge in [-0.1, -0.05) is 18.2 Å². The first-order chi connectivity index (χ1) is 4.80. The number of phenolic OH excluding ortho intramolecular Hbond substituents is 1. The van der Waals surface area contributed by atoms with Gasteiger partial charge >= 0.3 is 0 Å². The molecule has 0 heterocycles. The number of phenols is 1. The average Bonchev–Trinajstić information content (AvgIpc) is 2.00. The number of benzene rings is 1. The van der Waals surface area contributed by atoms with E-state index >= 15 is 0 Å². The van der Waals surface area contributed by atoms with Crippen LogP contribution in [-0.2, 0) is 0 Å². The molecule has 0 unspecified atom stereocenters. The number of aromatic hydroxyl groups is 1. The third-order valence-electron chi connectivity index (χ3n) is 1.12. The molecule has 0 spiro atoms. The van der Waals surface area contributed by atoms with Crippen molar-refractivity contribution in [2.24, 2.45) is 0 Å². The van der Waals surface area contributed by atoms with Gasteiger partial charge in [0.15, 0.2) is 0 Å². The van der Waals surface area contributed by atoms with Gasteiger partial charge in [0.1, 0.15) is 5.75 Å². The van der Waals surface area contributed by atoms with Crippen molar-refractivity contribution in [3.63, 3.8) is 0 Å². The molecule has 0 saturated heterocycles. The van der Waals surface area contributed by atoms with Crippen LogP contribution >= 0.6 is 11.6 Å². The summed E-state index contributed by atoms with van der Waals surface area (Å²) >= 11 is 4.64. The average molecular weight is 159 g/mol. The second-order valence-corrected chi connectivity index (χ2v) is 1.79.